The van der Waals surface area contributed by atoms with Gasteiger partial charge >= 0.3 is 0 Å². The third-order valence-electron chi connectivity index (χ3n) is 7.22. The Morgan fingerprint density at radius 2 is 1.97 bits per heavy atom. The van der Waals surface area contributed by atoms with Crippen molar-refractivity contribution in [3.05, 3.63) is 24.4 Å². The van der Waals surface area contributed by atoms with Crippen molar-refractivity contribution in [1.82, 2.24) is 19.7 Å². The second-order valence-electron chi connectivity index (χ2n) is 9.12. The zero-order valence-electron chi connectivity index (χ0n) is 17.1. The Balaban J connectivity index is 1.15. The van der Waals surface area contributed by atoms with Crippen LogP contribution >= 0.6 is 0 Å². The topological polar surface area (TPSA) is 60.0 Å². The first-order valence-electron chi connectivity index (χ1n) is 11.1. The van der Waals surface area contributed by atoms with Gasteiger partial charge in [0.25, 0.3) is 0 Å². The number of carbonyl (C=O) groups is 2. The average Bonchev–Trinajstić information content (AvgIpc) is 2.75. The molecule has 4 fully saturated rings. The zero-order valence-corrected chi connectivity index (χ0v) is 17.1. The van der Waals surface area contributed by atoms with Crippen molar-refractivity contribution in [2.24, 2.45) is 11.8 Å². The van der Waals surface area contributed by atoms with E-state index in [0.717, 1.165) is 70.9 Å². The number of hydrogen-bond donors (Lipinski definition) is 0. The Morgan fingerprint density at radius 3 is 2.76 bits per heavy atom. The summed E-state index contributed by atoms with van der Waals surface area (Å²) in [4.78, 5) is 38.5. The molecule has 0 spiro atoms. The molecule has 5 heterocycles. The summed E-state index contributed by atoms with van der Waals surface area (Å²) < 4.78 is 0. The van der Waals surface area contributed by atoms with Crippen LogP contribution in [-0.4, -0.2) is 89.9 Å². The number of aromatic nitrogens is 1. The minimum absolute atomic E-state index is 0.252. The Kier molecular flexibility index (Phi) is 5.16. The maximum atomic E-state index is 12.9. The lowest BCUT2D eigenvalue weighted by molar-refractivity contribution is -0.146. The van der Waals surface area contributed by atoms with Gasteiger partial charge in [0.1, 0.15) is 5.82 Å². The number of pyridine rings is 1. The first-order chi connectivity index (χ1) is 14.2. The van der Waals surface area contributed by atoms with Gasteiger partial charge in [0.2, 0.25) is 11.8 Å². The van der Waals surface area contributed by atoms with Gasteiger partial charge in [-0.2, -0.15) is 0 Å². The lowest BCUT2D eigenvalue weighted by Crippen LogP contribution is -2.61. The Hall–Kier alpha value is -2.15. The fraction of sp³-hybridized carbons (Fsp3) is 0.682. The standard InChI is InChI=1S/C22H31N5O2/c28-21-6-3-4-19-18-12-17(14-27(19)21)13-24(15-18)16-22(29)26-10-8-25(9-11-26)20-5-1-2-7-23-20/h1-2,5,7,17-19H,3-4,6,8-16H2/t17-,18-,19-/m1/s1. The third-order valence-corrected chi connectivity index (χ3v) is 7.22. The van der Waals surface area contributed by atoms with Crippen molar-refractivity contribution in [1.29, 1.82) is 0 Å². The van der Waals surface area contributed by atoms with Crippen LogP contribution in [0.4, 0.5) is 5.82 Å². The van der Waals surface area contributed by atoms with E-state index in [1.807, 2.05) is 29.3 Å². The van der Waals surface area contributed by atoms with Gasteiger partial charge in [-0.05, 0) is 43.2 Å². The first kappa shape index (κ1) is 18.9. The van der Waals surface area contributed by atoms with Crippen LogP contribution in [0, 0.1) is 11.8 Å². The van der Waals surface area contributed by atoms with Gasteiger partial charge in [0.15, 0.2) is 0 Å². The van der Waals surface area contributed by atoms with Crippen LogP contribution in [-0.2, 0) is 9.59 Å². The monoisotopic (exact) mass is 397 g/mol. The van der Waals surface area contributed by atoms with Crippen LogP contribution in [0.1, 0.15) is 25.7 Å². The number of nitrogens with zero attached hydrogens (tertiary/aromatic N) is 5. The third kappa shape index (κ3) is 3.84. The van der Waals surface area contributed by atoms with E-state index in [1.54, 1.807) is 0 Å². The summed E-state index contributed by atoms with van der Waals surface area (Å²) >= 11 is 0. The maximum absolute atomic E-state index is 12.9. The number of rotatable bonds is 3. The highest BCUT2D eigenvalue weighted by atomic mass is 16.2. The molecule has 1 aromatic rings. The van der Waals surface area contributed by atoms with Crippen LogP contribution in [0.25, 0.3) is 0 Å². The van der Waals surface area contributed by atoms with Gasteiger partial charge < -0.3 is 14.7 Å². The second-order valence-corrected chi connectivity index (χ2v) is 9.12. The summed E-state index contributed by atoms with van der Waals surface area (Å²) in [6.45, 7) is 6.55. The lowest BCUT2D eigenvalue weighted by atomic mass is 9.76. The summed E-state index contributed by atoms with van der Waals surface area (Å²) in [6, 6.07) is 6.38. The van der Waals surface area contributed by atoms with E-state index >= 15 is 0 Å². The van der Waals surface area contributed by atoms with E-state index in [4.69, 9.17) is 0 Å². The van der Waals surface area contributed by atoms with Crippen molar-refractivity contribution < 1.29 is 9.59 Å². The van der Waals surface area contributed by atoms with Gasteiger partial charge in [-0.1, -0.05) is 6.07 Å². The van der Waals surface area contributed by atoms with E-state index in [0.29, 0.717) is 30.3 Å². The fourth-order valence-electron chi connectivity index (χ4n) is 5.86. The number of likely N-dealkylation sites (tertiary alicyclic amines) is 1. The summed E-state index contributed by atoms with van der Waals surface area (Å²) in [5, 5.41) is 0. The van der Waals surface area contributed by atoms with Crippen molar-refractivity contribution in [2.75, 3.05) is 57.3 Å². The fourth-order valence-corrected chi connectivity index (χ4v) is 5.86. The number of anilines is 1. The molecule has 0 radical (unpaired) electrons. The number of piperazine rings is 1. The van der Waals surface area contributed by atoms with Crippen LogP contribution in [0.5, 0.6) is 0 Å². The van der Waals surface area contributed by atoms with Crippen LogP contribution < -0.4 is 4.90 Å². The van der Waals surface area contributed by atoms with Gasteiger partial charge in [-0.25, -0.2) is 4.98 Å². The molecule has 3 atom stereocenters. The van der Waals surface area contributed by atoms with Gasteiger partial charge in [-0.3, -0.25) is 14.5 Å². The smallest absolute Gasteiger partial charge is 0.236 e. The average molecular weight is 398 g/mol. The zero-order chi connectivity index (χ0) is 19.8. The summed E-state index contributed by atoms with van der Waals surface area (Å²) in [6.07, 6.45) is 5.94. The molecule has 29 heavy (non-hydrogen) atoms. The number of carbonyl (C=O) groups excluding carboxylic acids is 2. The van der Waals surface area contributed by atoms with Gasteiger partial charge in [-0.15, -0.1) is 0 Å². The first-order valence-corrected chi connectivity index (χ1v) is 11.1. The second kappa shape index (κ2) is 7.94. The van der Waals surface area contributed by atoms with Gasteiger partial charge in [0.05, 0.1) is 6.54 Å². The van der Waals surface area contributed by atoms with Crippen molar-refractivity contribution in [3.63, 3.8) is 0 Å². The molecule has 2 bridgehead atoms. The number of amides is 2. The molecule has 4 aliphatic heterocycles. The molecule has 0 aliphatic carbocycles. The lowest BCUT2D eigenvalue weighted by Gasteiger charge is -2.52. The number of piperidine rings is 3. The largest absolute Gasteiger partial charge is 0.353 e. The van der Waals surface area contributed by atoms with E-state index in [-0.39, 0.29) is 5.91 Å². The molecule has 0 aromatic carbocycles. The van der Waals surface area contributed by atoms with Crippen molar-refractivity contribution >= 4 is 17.6 Å². The molecular weight excluding hydrogens is 366 g/mol. The Morgan fingerprint density at radius 1 is 1.10 bits per heavy atom. The van der Waals surface area contributed by atoms with E-state index < -0.39 is 0 Å². The molecular formula is C22H31N5O2. The molecule has 156 valence electrons. The Bertz CT molecular complexity index is 749. The van der Waals surface area contributed by atoms with E-state index in [1.165, 1.54) is 6.42 Å². The van der Waals surface area contributed by atoms with Crippen molar-refractivity contribution in [3.8, 4) is 0 Å². The molecule has 4 aliphatic rings. The van der Waals surface area contributed by atoms with Gasteiger partial charge in [0, 0.05) is 64.5 Å². The number of fused-ring (bicyclic) bond motifs is 4. The summed E-state index contributed by atoms with van der Waals surface area (Å²) in [7, 11) is 0. The highest BCUT2D eigenvalue weighted by Gasteiger charge is 2.44. The van der Waals surface area contributed by atoms with E-state index in [2.05, 4.69) is 19.7 Å². The molecule has 0 unspecified atom stereocenters. The normalized spacial score (nSPS) is 30.3. The van der Waals surface area contributed by atoms with Crippen LogP contribution in [0.2, 0.25) is 0 Å². The SMILES string of the molecule is O=C(CN1C[C@H]2C[C@H](C1)[C@H]1CCCC(=O)N1C2)N1CCN(c2ccccn2)CC1. The predicted octanol–water partition coefficient (Wildman–Crippen LogP) is 1.06. The minimum atomic E-state index is 0.252. The van der Waals surface area contributed by atoms with Crippen molar-refractivity contribution in [2.45, 2.75) is 31.7 Å². The molecule has 7 heteroatoms. The molecule has 5 rings (SSSR count). The summed E-state index contributed by atoms with van der Waals surface area (Å²) in [5.41, 5.74) is 0. The molecule has 0 saturated carbocycles. The number of hydrogen-bond acceptors (Lipinski definition) is 5. The summed E-state index contributed by atoms with van der Waals surface area (Å²) in [5.74, 6) is 2.67. The molecule has 7 nitrogen and oxygen atoms in total. The molecule has 4 saturated heterocycles. The van der Waals surface area contributed by atoms with E-state index in [9.17, 15) is 9.59 Å². The Labute approximate surface area is 172 Å². The quantitative estimate of drug-likeness (QED) is 0.764. The minimum Gasteiger partial charge on any atom is -0.353 e. The molecule has 1 aromatic heterocycles. The highest BCUT2D eigenvalue weighted by Crippen LogP contribution is 2.37. The highest BCUT2D eigenvalue weighted by molar-refractivity contribution is 5.79. The van der Waals surface area contributed by atoms with Crippen LogP contribution in [0.15, 0.2) is 24.4 Å². The maximum Gasteiger partial charge on any atom is 0.236 e. The predicted molar refractivity (Wildman–Crippen MR) is 110 cm³/mol. The molecule has 2 amide bonds. The molecule has 0 N–H and O–H groups in total. The van der Waals surface area contributed by atoms with Crippen LogP contribution in [0.3, 0.4) is 0 Å².